The number of thioether (sulfide) groups is 1. The maximum atomic E-state index is 11.6. The molecule has 0 saturated heterocycles. The highest BCUT2D eigenvalue weighted by Crippen LogP contribution is 2.31. The Morgan fingerprint density at radius 3 is 2.62 bits per heavy atom. The predicted molar refractivity (Wildman–Crippen MR) is 55.1 cm³/mol. The third-order valence-electron chi connectivity index (χ3n) is 2.27. The van der Waals surface area contributed by atoms with Crippen molar-refractivity contribution in [2.75, 3.05) is 5.75 Å². The molecule has 0 radical (unpaired) electrons. The molecule has 2 heterocycles. The fourth-order valence-electron chi connectivity index (χ4n) is 1.52. The van der Waals surface area contributed by atoms with Gasteiger partial charge in [0.25, 0.3) is 5.56 Å². The van der Waals surface area contributed by atoms with E-state index in [1.807, 2.05) is 0 Å². The lowest BCUT2D eigenvalue weighted by Crippen LogP contribution is -2.28. The zero-order valence-corrected chi connectivity index (χ0v) is 8.73. The Bertz CT molecular complexity index is 535. The van der Waals surface area contributed by atoms with Crippen LogP contribution in [0.5, 0.6) is 0 Å². The van der Waals surface area contributed by atoms with Crippen LogP contribution in [0.25, 0.3) is 0 Å². The molecular weight excluding hydrogens is 234 g/mol. The van der Waals surface area contributed by atoms with Crippen molar-refractivity contribution in [3.05, 3.63) is 28.0 Å². The van der Waals surface area contributed by atoms with Gasteiger partial charge in [-0.1, -0.05) is 0 Å². The van der Waals surface area contributed by atoms with Crippen LogP contribution in [-0.4, -0.2) is 32.5 Å². The zero-order valence-electron chi connectivity index (χ0n) is 7.91. The van der Waals surface area contributed by atoms with Gasteiger partial charge in [-0.15, -0.1) is 11.8 Å². The van der Waals surface area contributed by atoms with Crippen LogP contribution >= 0.6 is 11.8 Å². The highest BCUT2D eigenvalue weighted by atomic mass is 32.2. The summed E-state index contributed by atoms with van der Waals surface area (Å²) in [6.07, 6.45) is 0. The van der Waals surface area contributed by atoms with Gasteiger partial charge in [-0.3, -0.25) is 9.36 Å². The quantitative estimate of drug-likeness (QED) is 0.771. The largest absolute Gasteiger partial charge is 0.480 e. The van der Waals surface area contributed by atoms with Crippen LogP contribution in [-0.2, 0) is 4.79 Å². The van der Waals surface area contributed by atoms with Crippen molar-refractivity contribution in [3.63, 3.8) is 0 Å². The summed E-state index contributed by atoms with van der Waals surface area (Å²) in [6.45, 7) is 0. The van der Waals surface area contributed by atoms with Crippen molar-refractivity contribution in [3.8, 4) is 0 Å². The summed E-state index contributed by atoms with van der Waals surface area (Å²) in [6, 6.07) is 1.35. The van der Waals surface area contributed by atoms with Crippen molar-refractivity contribution < 1.29 is 19.8 Å². The number of aliphatic carboxylic acids is 1. The average molecular weight is 241 g/mol. The minimum Gasteiger partial charge on any atom is -0.480 e. The van der Waals surface area contributed by atoms with Crippen LogP contribution in [0.15, 0.2) is 22.0 Å². The number of pyridine rings is 1. The number of rotatable bonds is 2. The van der Waals surface area contributed by atoms with Gasteiger partial charge in [-0.25, -0.2) is 9.59 Å². The van der Waals surface area contributed by atoms with Gasteiger partial charge < -0.3 is 10.2 Å². The number of hydrogen-bond acceptors (Lipinski definition) is 4. The van der Waals surface area contributed by atoms with E-state index in [1.54, 1.807) is 0 Å². The van der Waals surface area contributed by atoms with E-state index >= 15 is 0 Å². The van der Waals surface area contributed by atoms with Gasteiger partial charge in [-0.05, 0) is 6.07 Å². The Morgan fingerprint density at radius 1 is 1.38 bits per heavy atom. The van der Waals surface area contributed by atoms with Gasteiger partial charge in [0.2, 0.25) is 0 Å². The van der Waals surface area contributed by atoms with E-state index in [-0.39, 0.29) is 11.3 Å². The Hall–Kier alpha value is -1.76. The van der Waals surface area contributed by atoms with E-state index in [4.69, 9.17) is 10.2 Å². The zero-order chi connectivity index (χ0) is 11.9. The van der Waals surface area contributed by atoms with E-state index in [1.165, 1.54) is 17.8 Å². The first-order valence-electron chi connectivity index (χ1n) is 4.36. The van der Waals surface area contributed by atoms with Gasteiger partial charge in [0.15, 0.2) is 0 Å². The number of nitrogens with zero attached hydrogens (tertiary/aromatic N) is 1. The molecule has 1 aliphatic rings. The molecule has 2 N–H and O–H groups in total. The number of fused-ring (bicyclic) bond motifs is 1. The van der Waals surface area contributed by atoms with E-state index in [0.29, 0.717) is 5.03 Å². The Balaban J connectivity index is 2.59. The number of carboxylic acid groups (broad SMARTS) is 2. The van der Waals surface area contributed by atoms with Crippen LogP contribution in [0.2, 0.25) is 0 Å². The second kappa shape index (κ2) is 3.67. The standard InChI is InChI=1S/C9H7NO5S/c11-6-1-4(8(12)13)2-7-10(6)5(3-16-7)9(14)15/h1-2,5H,3H2,(H,12,13)(H,14,15). The fourth-order valence-corrected chi connectivity index (χ4v) is 2.70. The molecule has 84 valence electrons. The third-order valence-corrected chi connectivity index (χ3v) is 3.36. The van der Waals surface area contributed by atoms with Crippen molar-refractivity contribution in [1.29, 1.82) is 0 Å². The lowest BCUT2D eigenvalue weighted by molar-refractivity contribution is -0.140. The lowest BCUT2D eigenvalue weighted by Gasteiger charge is -2.08. The van der Waals surface area contributed by atoms with Crippen molar-refractivity contribution >= 4 is 23.7 Å². The Labute approximate surface area is 93.5 Å². The second-order valence-electron chi connectivity index (χ2n) is 3.26. The SMILES string of the molecule is O=C(O)c1cc2n(c(=O)c1)C(C(=O)O)CS2. The predicted octanol–water partition coefficient (Wildman–Crippen LogP) is 0.278. The maximum absolute atomic E-state index is 11.6. The molecule has 6 nitrogen and oxygen atoms in total. The first-order valence-corrected chi connectivity index (χ1v) is 5.35. The molecule has 0 fully saturated rings. The van der Waals surface area contributed by atoms with Crippen LogP contribution in [0, 0.1) is 0 Å². The average Bonchev–Trinajstić information content (AvgIpc) is 2.61. The minimum atomic E-state index is -1.19. The molecule has 0 bridgehead atoms. The molecule has 1 aromatic rings. The molecule has 7 heteroatoms. The highest BCUT2D eigenvalue weighted by molar-refractivity contribution is 7.99. The van der Waals surface area contributed by atoms with E-state index < -0.39 is 23.5 Å². The lowest BCUT2D eigenvalue weighted by atomic mass is 10.2. The van der Waals surface area contributed by atoms with Crippen molar-refractivity contribution in [1.82, 2.24) is 4.57 Å². The highest BCUT2D eigenvalue weighted by Gasteiger charge is 2.30. The number of hydrogen-bond donors (Lipinski definition) is 2. The van der Waals surface area contributed by atoms with Gasteiger partial charge in [-0.2, -0.15) is 0 Å². The summed E-state index contributed by atoms with van der Waals surface area (Å²) in [5.74, 6) is -2.04. The molecule has 2 rings (SSSR count). The third kappa shape index (κ3) is 1.58. The Kier molecular flexibility index (Phi) is 2.47. The van der Waals surface area contributed by atoms with Crippen LogP contribution in [0.3, 0.4) is 0 Å². The van der Waals surface area contributed by atoms with Crippen LogP contribution < -0.4 is 5.56 Å². The molecule has 0 spiro atoms. The molecule has 1 atom stereocenters. The first-order chi connectivity index (χ1) is 7.50. The smallest absolute Gasteiger partial charge is 0.335 e. The molecule has 1 aromatic heterocycles. The molecule has 1 aliphatic heterocycles. The number of aromatic nitrogens is 1. The molecule has 0 aromatic carbocycles. The number of aromatic carboxylic acids is 1. The molecule has 1 unspecified atom stereocenters. The number of carboxylic acids is 2. The topological polar surface area (TPSA) is 96.6 Å². The van der Waals surface area contributed by atoms with E-state index in [0.717, 1.165) is 10.6 Å². The summed E-state index contributed by atoms with van der Waals surface area (Å²) in [4.78, 5) is 33.1. The van der Waals surface area contributed by atoms with Crippen LogP contribution in [0.1, 0.15) is 16.4 Å². The normalized spacial score (nSPS) is 18.1. The fraction of sp³-hybridized carbons (Fsp3) is 0.222. The molecule has 0 aliphatic carbocycles. The van der Waals surface area contributed by atoms with E-state index in [2.05, 4.69) is 0 Å². The van der Waals surface area contributed by atoms with Gasteiger partial charge >= 0.3 is 11.9 Å². The molecule has 0 saturated carbocycles. The number of carbonyl (C=O) groups is 2. The summed E-state index contributed by atoms with van der Waals surface area (Å²) in [7, 11) is 0. The second-order valence-corrected chi connectivity index (χ2v) is 4.30. The van der Waals surface area contributed by atoms with Crippen LogP contribution in [0.4, 0.5) is 0 Å². The minimum absolute atomic E-state index is 0.116. The Morgan fingerprint density at radius 2 is 2.06 bits per heavy atom. The van der Waals surface area contributed by atoms with Gasteiger partial charge in [0.05, 0.1) is 10.6 Å². The van der Waals surface area contributed by atoms with Gasteiger partial charge in [0, 0.05) is 11.8 Å². The molecular formula is C9H7NO5S. The van der Waals surface area contributed by atoms with Crippen molar-refractivity contribution in [2.24, 2.45) is 0 Å². The maximum Gasteiger partial charge on any atom is 0.335 e. The molecule has 16 heavy (non-hydrogen) atoms. The summed E-state index contributed by atoms with van der Waals surface area (Å²) < 4.78 is 1.11. The van der Waals surface area contributed by atoms with Crippen molar-refractivity contribution in [2.45, 2.75) is 11.1 Å². The summed E-state index contributed by atoms with van der Waals surface area (Å²) in [5, 5.41) is 18.0. The summed E-state index contributed by atoms with van der Waals surface area (Å²) >= 11 is 1.17. The van der Waals surface area contributed by atoms with Gasteiger partial charge in [0.1, 0.15) is 6.04 Å². The van der Waals surface area contributed by atoms with E-state index in [9.17, 15) is 14.4 Å². The summed E-state index contributed by atoms with van der Waals surface area (Å²) in [5.41, 5.74) is -0.706. The monoisotopic (exact) mass is 241 g/mol. The molecule has 0 amide bonds. The first kappa shape index (κ1) is 10.7.